The van der Waals surface area contributed by atoms with Crippen LogP contribution in [0.25, 0.3) is 0 Å². The fourth-order valence-corrected chi connectivity index (χ4v) is 3.42. The Hall–Kier alpha value is -0.290. The molecule has 2 nitrogen and oxygen atoms in total. The average molecular weight is 323 g/mol. The number of piperidine rings is 1. The topological polar surface area (TPSA) is 12.5 Å². The van der Waals surface area contributed by atoms with E-state index in [2.05, 4.69) is 25.7 Å². The minimum absolute atomic E-state index is 0.174. The Labute approximate surface area is 133 Å². The van der Waals surface area contributed by atoms with E-state index in [1.54, 1.807) is 0 Å². The van der Waals surface area contributed by atoms with Crippen LogP contribution < -0.4 is 0 Å². The number of hydrogen-bond acceptors (Lipinski definition) is 2. The van der Waals surface area contributed by atoms with Crippen LogP contribution in [-0.4, -0.2) is 43.4 Å². The van der Waals surface area contributed by atoms with Crippen molar-refractivity contribution in [1.82, 2.24) is 4.90 Å². The molecule has 0 bridgehead atoms. The van der Waals surface area contributed by atoms with Gasteiger partial charge < -0.3 is 4.74 Å². The van der Waals surface area contributed by atoms with Crippen molar-refractivity contribution in [3.8, 4) is 0 Å². The molecule has 2 aliphatic heterocycles. The highest BCUT2D eigenvalue weighted by Gasteiger charge is 2.49. The highest BCUT2D eigenvalue weighted by Crippen LogP contribution is 2.41. The molecule has 0 N–H and O–H groups in total. The maximum atomic E-state index is 13.1. The molecule has 0 aromatic rings. The minimum Gasteiger partial charge on any atom is -0.381 e. The molecular weight excluding hydrogens is 291 g/mol. The molecule has 2 saturated heterocycles. The number of alkyl halides is 3. The van der Waals surface area contributed by atoms with Crippen LogP contribution in [0, 0.1) is 17.3 Å². The van der Waals surface area contributed by atoms with Gasteiger partial charge in [0.25, 0.3) is 0 Å². The predicted octanol–water partition coefficient (Wildman–Crippen LogP) is 4.74. The molecule has 132 valence electrons. The zero-order valence-electron chi connectivity index (χ0n) is 14.7. The van der Waals surface area contributed by atoms with E-state index >= 15 is 0 Å². The van der Waals surface area contributed by atoms with E-state index < -0.39 is 12.1 Å². The summed E-state index contributed by atoms with van der Waals surface area (Å²) in [6.07, 6.45) is -1.66. The van der Waals surface area contributed by atoms with E-state index in [4.69, 9.17) is 4.74 Å². The third-order valence-corrected chi connectivity index (χ3v) is 5.54. The summed E-state index contributed by atoms with van der Waals surface area (Å²) >= 11 is 0. The number of likely N-dealkylation sites (tertiary alicyclic amines) is 1. The molecule has 5 heteroatoms. The molecule has 0 aromatic heterocycles. The van der Waals surface area contributed by atoms with Crippen molar-refractivity contribution in [2.45, 2.75) is 66.1 Å². The molecule has 2 heterocycles. The molecule has 2 atom stereocenters. The van der Waals surface area contributed by atoms with Crippen LogP contribution in [0.3, 0.4) is 0 Å². The van der Waals surface area contributed by atoms with E-state index in [1.165, 1.54) is 0 Å². The second kappa shape index (κ2) is 8.00. The van der Waals surface area contributed by atoms with Crippen LogP contribution in [0.5, 0.6) is 0 Å². The first kappa shape index (κ1) is 19.8. The van der Waals surface area contributed by atoms with Crippen molar-refractivity contribution in [1.29, 1.82) is 0 Å². The summed E-state index contributed by atoms with van der Waals surface area (Å²) in [5.41, 5.74) is 0.273. The summed E-state index contributed by atoms with van der Waals surface area (Å²) in [4.78, 5) is 2.06. The number of nitrogens with zero attached hydrogens (tertiary/aromatic N) is 1. The van der Waals surface area contributed by atoms with Crippen LogP contribution in [0.1, 0.15) is 53.9 Å². The lowest BCUT2D eigenvalue weighted by Crippen LogP contribution is -2.54. The Morgan fingerprint density at radius 3 is 2.14 bits per heavy atom. The van der Waals surface area contributed by atoms with Gasteiger partial charge in [-0.15, -0.1) is 0 Å². The molecule has 0 amide bonds. The smallest absolute Gasteiger partial charge is 0.381 e. The lowest BCUT2D eigenvalue weighted by atomic mass is 9.71. The van der Waals surface area contributed by atoms with Gasteiger partial charge in [-0.1, -0.05) is 34.6 Å². The van der Waals surface area contributed by atoms with Gasteiger partial charge in [0.1, 0.15) is 0 Å². The first-order valence-corrected chi connectivity index (χ1v) is 8.62. The molecule has 2 fully saturated rings. The number of halogens is 3. The Kier molecular flexibility index (Phi) is 7.19. The summed E-state index contributed by atoms with van der Waals surface area (Å²) in [5, 5.41) is 0. The zero-order valence-corrected chi connectivity index (χ0v) is 14.7. The molecule has 0 radical (unpaired) electrons. The van der Waals surface area contributed by atoms with E-state index in [0.717, 1.165) is 25.9 Å². The van der Waals surface area contributed by atoms with Gasteiger partial charge in [-0.25, -0.2) is 0 Å². The monoisotopic (exact) mass is 323 g/mol. The quantitative estimate of drug-likeness (QED) is 0.728. The van der Waals surface area contributed by atoms with E-state index in [-0.39, 0.29) is 18.1 Å². The zero-order chi connectivity index (χ0) is 17.0. The van der Waals surface area contributed by atoms with Gasteiger partial charge in [0.05, 0.1) is 12.5 Å². The largest absolute Gasteiger partial charge is 0.395 e. The second-order valence-electron chi connectivity index (χ2n) is 6.92. The normalized spacial score (nSPS) is 29.9. The van der Waals surface area contributed by atoms with E-state index in [1.807, 2.05) is 13.8 Å². The first-order valence-electron chi connectivity index (χ1n) is 8.62. The molecule has 0 aliphatic carbocycles. The summed E-state index contributed by atoms with van der Waals surface area (Å²) in [6.45, 7) is 12.5. The third-order valence-electron chi connectivity index (χ3n) is 5.54. The number of rotatable bonds is 2. The third kappa shape index (κ3) is 4.60. The van der Waals surface area contributed by atoms with Gasteiger partial charge in [0, 0.05) is 12.6 Å². The molecule has 2 aliphatic rings. The van der Waals surface area contributed by atoms with E-state index in [0.29, 0.717) is 18.9 Å². The summed E-state index contributed by atoms with van der Waals surface area (Å²) < 4.78 is 44.4. The van der Waals surface area contributed by atoms with E-state index in [9.17, 15) is 13.2 Å². The fourth-order valence-electron chi connectivity index (χ4n) is 3.42. The van der Waals surface area contributed by atoms with Crippen molar-refractivity contribution >= 4 is 0 Å². The molecule has 0 spiro atoms. The fraction of sp³-hybridized carbons (Fsp3) is 1.00. The highest BCUT2D eigenvalue weighted by molar-refractivity contribution is 4.92. The maximum absolute atomic E-state index is 13.1. The van der Waals surface area contributed by atoms with Gasteiger partial charge in [0.2, 0.25) is 0 Å². The van der Waals surface area contributed by atoms with Crippen LogP contribution >= 0.6 is 0 Å². The second-order valence-corrected chi connectivity index (χ2v) is 6.92. The van der Waals surface area contributed by atoms with Gasteiger partial charge in [-0.05, 0) is 43.7 Å². The standard InChI is InChI=1S/C15H26F3NO.C2H6/c1-11(2)14(3)5-7-19(8-6-14)13-4-9-20-10-12(13)15(16,17)18;1-2/h11-13H,4-10H2,1-3H3;1-2H3. The number of hydrogen-bond donors (Lipinski definition) is 0. The Bertz CT molecular complexity index is 322. The van der Waals surface area contributed by atoms with Crippen LogP contribution in [-0.2, 0) is 4.74 Å². The van der Waals surface area contributed by atoms with Crippen molar-refractivity contribution in [2.24, 2.45) is 17.3 Å². The SMILES string of the molecule is CC.CC(C)C1(C)CCN(C2CCOCC2C(F)(F)F)CC1. The lowest BCUT2D eigenvalue weighted by molar-refractivity contribution is -0.221. The highest BCUT2D eigenvalue weighted by atomic mass is 19.4. The van der Waals surface area contributed by atoms with Crippen molar-refractivity contribution in [3.63, 3.8) is 0 Å². The van der Waals surface area contributed by atoms with Crippen LogP contribution in [0.2, 0.25) is 0 Å². The van der Waals surface area contributed by atoms with Gasteiger partial charge >= 0.3 is 6.18 Å². The molecule has 0 saturated carbocycles. The first-order chi connectivity index (χ1) is 10.2. The van der Waals surface area contributed by atoms with Gasteiger partial charge in [-0.3, -0.25) is 4.90 Å². The average Bonchev–Trinajstić information content (AvgIpc) is 2.49. The Balaban J connectivity index is 0.00000116. The van der Waals surface area contributed by atoms with Gasteiger partial charge in [0.15, 0.2) is 0 Å². The molecule has 22 heavy (non-hydrogen) atoms. The molecule has 2 rings (SSSR count). The Morgan fingerprint density at radius 2 is 1.68 bits per heavy atom. The van der Waals surface area contributed by atoms with Gasteiger partial charge in [-0.2, -0.15) is 13.2 Å². The number of ether oxygens (including phenoxy) is 1. The minimum atomic E-state index is -4.15. The lowest BCUT2D eigenvalue weighted by Gasteiger charge is -2.47. The maximum Gasteiger partial charge on any atom is 0.395 e. The van der Waals surface area contributed by atoms with Crippen LogP contribution in [0.4, 0.5) is 13.2 Å². The predicted molar refractivity (Wildman–Crippen MR) is 83.9 cm³/mol. The van der Waals surface area contributed by atoms with Crippen molar-refractivity contribution in [3.05, 3.63) is 0 Å². The Morgan fingerprint density at radius 1 is 1.14 bits per heavy atom. The summed E-state index contributed by atoms with van der Waals surface area (Å²) in [7, 11) is 0. The van der Waals surface area contributed by atoms with Crippen molar-refractivity contribution in [2.75, 3.05) is 26.3 Å². The summed E-state index contributed by atoms with van der Waals surface area (Å²) in [6, 6.07) is -0.388. The molecule has 0 aromatic carbocycles. The van der Waals surface area contributed by atoms with Crippen molar-refractivity contribution < 1.29 is 17.9 Å². The molecular formula is C17H32F3NO. The summed E-state index contributed by atoms with van der Waals surface area (Å²) in [5.74, 6) is -0.739. The van der Waals surface area contributed by atoms with Crippen LogP contribution in [0.15, 0.2) is 0 Å². The molecule has 2 unspecified atom stereocenters.